The molecular weight excluding hydrogens is 243 g/mol. The van der Waals surface area contributed by atoms with Crippen LogP contribution in [0, 0.1) is 0 Å². The number of nitrogens with zero attached hydrogens (tertiary/aromatic N) is 3. The van der Waals surface area contributed by atoms with Crippen LogP contribution in [-0.4, -0.2) is 14.8 Å². The van der Waals surface area contributed by atoms with Crippen LogP contribution in [-0.2, 0) is 6.18 Å². The van der Waals surface area contributed by atoms with Crippen molar-refractivity contribution in [3.63, 3.8) is 0 Å². The maximum Gasteiger partial charge on any atom is 0.433 e. The molecule has 6 heteroatoms. The molecule has 2 heterocycles. The number of hydrogen-bond acceptors (Lipinski definition) is 2. The highest BCUT2D eigenvalue weighted by atomic mass is 19.4. The molecule has 96 valence electrons. The molecule has 1 aliphatic carbocycles. The smallest absolute Gasteiger partial charge is 0.267 e. The molecule has 0 bridgehead atoms. The molecule has 1 fully saturated rings. The van der Waals surface area contributed by atoms with Gasteiger partial charge in [0.15, 0.2) is 0 Å². The lowest BCUT2D eigenvalue weighted by molar-refractivity contribution is -0.140. The SMILES string of the molecule is FC(F)(F)c1ccc2nn(C3CCCC3)cc2n1. The summed E-state index contributed by atoms with van der Waals surface area (Å²) in [6.45, 7) is 0. The fourth-order valence-electron chi connectivity index (χ4n) is 2.44. The third kappa shape index (κ3) is 1.95. The van der Waals surface area contributed by atoms with Crippen LogP contribution in [0.4, 0.5) is 13.2 Å². The molecule has 0 atom stereocenters. The summed E-state index contributed by atoms with van der Waals surface area (Å²) in [5.41, 5.74) is -0.0207. The van der Waals surface area contributed by atoms with Gasteiger partial charge in [-0.1, -0.05) is 12.8 Å². The van der Waals surface area contributed by atoms with Crippen LogP contribution in [0.15, 0.2) is 18.3 Å². The van der Waals surface area contributed by atoms with Crippen LogP contribution in [0.3, 0.4) is 0 Å². The summed E-state index contributed by atoms with van der Waals surface area (Å²) >= 11 is 0. The number of halogens is 3. The molecule has 2 aromatic rings. The van der Waals surface area contributed by atoms with Crippen molar-refractivity contribution in [2.45, 2.75) is 37.9 Å². The van der Waals surface area contributed by atoms with Crippen molar-refractivity contribution in [2.75, 3.05) is 0 Å². The molecule has 0 spiro atoms. The van der Waals surface area contributed by atoms with Crippen LogP contribution < -0.4 is 0 Å². The van der Waals surface area contributed by atoms with E-state index in [-0.39, 0.29) is 0 Å². The van der Waals surface area contributed by atoms with Gasteiger partial charge in [0.05, 0.1) is 12.2 Å². The average molecular weight is 255 g/mol. The zero-order valence-electron chi connectivity index (χ0n) is 9.61. The van der Waals surface area contributed by atoms with E-state index in [9.17, 15) is 13.2 Å². The van der Waals surface area contributed by atoms with Gasteiger partial charge in [-0.2, -0.15) is 18.3 Å². The third-order valence-electron chi connectivity index (χ3n) is 3.37. The van der Waals surface area contributed by atoms with Gasteiger partial charge in [0, 0.05) is 0 Å². The summed E-state index contributed by atoms with van der Waals surface area (Å²) in [7, 11) is 0. The Bertz CT molecular complexity index is 567. The molecule has 3 rings (SSSR count). The van der Waals surface area contributed by atoms with E-state index >= 15 is 0 Å². The minimum absolute atomic E-state index is 0.313. The highest BCUT2D eigenvalue weighted by Crippen LogP contribution is 2.31. The van der Waals surface area contributed by atoms with Crippen molar-refractivity contribution in [3.05, 3.63) is 24.0 Å². The molecule has 0 aliphatic heterocycles. The zero-order chi connectivity index (χ0) is 12.8. The predicted molar refractivity (Wildman–Crippen MR) is 60.0 cm³/mol. The lowest BCUT2D eigenvalue weighted by Gasteiger charge is -2.07. The topological polar surface area (TPSA) is 30.7 Å². The Labute approximate surface area is 102 Å². The summed E-state index contributed by atoms with van der Waals surface area (Å²) in [6, 6.07) is 2.68. The zero-order valence-corrected chi connectivity index (χ0v) is 9.61. The van der Waals surface area contributed by atoms with Gasteiger partial charge < -0.3 is 0 Å². The van der Waals surface area contributed by atoms with Gasteiger partial charge in [-0.05, 0) is 25.0 Å². The van der Waals surface area contributed by atoms with E-state index in [1.807, 2.05) is 0 Å². The first-order valence-corrected chi connectivity index (χ1v) is 5.97. The van der Waals surface area contributed by atoms with Crippen LogP contribution >= 0.6 is 0 Å². The average Bonchev–Trinajstić information content (AvgIpc) is 2.95. The summed E-state index contributed by atoms with van der Waals surface area (Å²) in [5.74, 6) is 0. The van der Waals surface area contributed by atoms with Crippen molar-refractivity contribution in [1.82, 2.24) is 14.8 Å². The molecule has 0 unspecified atom stereocenters. The van der Waals surface area contributed by atoms with E-state index in [1.54, 1.807) is 10.9 Å². The highest BCUT2D eigenvalue weighted by Gasteiger charge is 2.32. The Kier molecular flexibility index (Phi) is 2.53. The Hall–Kier alpha value is -1.59. The number of aromatic nitrogens is 3. The quantitative estimate of drug-likeness (QED) is 0.780. The van der Waals surface area contributed by atoms with Crippen molar-refractivity contribution >= 4 is 11.0 Å². The second-order valence-electron chi connectivity index (χ2n) is 4.65. The first-order chi connectivity index (χ1) is 8.54. The van der Waals surface area contributed by atoms with Gasteiger partial charge in [0.25, 0.3) is 0 Å². The first kappa shape index (κ1) is 11.5. The van der Waals surface area contributed by atoms with Crippen LogP contribution in [0.5, 0.6) is 0 Å². The molecule has 3 nitrogen and oxygen atoms in total. The van der Waals surface area contributed by atoms with Crippen LogP contribution in [0.25, 0.3) is 11.0 Å². The standard InChI is InChI=1S/C12H12F3N3/c13-12(14,15)11-6-5-9-10(16-11)7-18(17-9)8-3-1-2-4-8/h5-8H,1-4H2. The number of pyridine rings is 1. The van der Waals surface area contributed by atoms with E-state index in [2.05, 4.69) is 10.1 Å². The van der Waals surface area contributed by atoms with Crippen LogP contribution in [0.2, 0.25) is 0 Å². The van der Waals surface area contributed by atoms with E-state index in [0.29, 0.717) is 17.1 Å². The maximum atomic E-state index is 12.5. The number of hydrogen-bond donors (Lipinski definition) is 0. The van der Waals surface area contributed by atoms with Crippen molar-refractivity contribution in [1.29, 1.82) is 0 Å². The molecule has 0 N–H and O–H groups in total. The summed E-state index contributed by atoms with van der Waals surface area (Å²) in [5, 5.41) is 4.30. The fraction of sp³-hybridized carbons (Fsp3) is 0.500. The van der Waals surface area contributed by atoms with Gasteiger partial charge >= 0.3 is 6.18 Å². The Morgan fingerprint density at radius 1 is 1.11 bits per heavy atom. The van der Waals surface area contributed by atoms with Gasteiger partial charge in [-0.3, -0.25) is 4.68 Å². The van der Waals surface area contributed by atoms with Gasteiger partial charge in [0.2, 0.25) is 0 Å². The first-order valence-electron chi connectivity index (χ1n) is 5.97. The van der Waals surface area contributed by atoms with Crippen molar-refractivity contribution < 1.29 is 13.2 Å². The molecule has 18 heavy (non-hydrogen) atoms. The highest BCUT2D eigenvalue weighted by molar-refractivity contribution is 5.73. The molecule has 0 aromatic carbocycles. The van der Waals surface area contributed by atoms with E-state index in [0.717, 1.165) is 31.7 Å². The minimum atomic E-state index is -4.40. The molecule has 2 aromatic heterocycles. The molecule has 0 amide bonds. The number of fused-ring (bicyclic) bond motifs is 1. The Balaban J connectivity index is 2.01. The fourth-order valence-corrected chi connectivity index (χ4v) is 2.44. The summed E-state index contributed by atoms with van der Waals surface area (Å²) < 4.78 is 39.4. The maximum absolute atomic E-state index is 12.5. The summed E-state index contributed by atoms with van der Waals surface area (Å²) in [4.78, 5) is 3.63. The largest absolute Gasteiger partial charge is 0.433 e. The minimum Gasteiger partial charge on any atom is -0.267 e. The molecule has 1 saturated carbocycles. The number of rotatable bonds is 1. The molecule has 1 aliphatic rings. The monoisotopic (exact) mass is 255 g/mol. The summed E-state index contributed by atoms with van der Waals surface area (Å²) in [6.07, 6.45) is 1.62. The van der Waals surface area contributed by atoms with Crippen LogP contribution in [0.1, 0.15) is 37.4 Å². The molecule has 0 radical (unpaired) electrons. The van der Waals surface area contributed by atoms with Crippen molar-refractivity contribution in [3.8, 4) is 0 Å². The molecule has 0 saturated heterocycles. The van der Waals surface area contributed by atoms with Gasteiger partial charge in [-0.25, -0.2) is 4.98 Å². The second kappa shape index (κ2) is 3.96. The van der Waals surface area contributed by atoms with E-state index in [4.69, 9.17) is 0 Å². The van der Waals surface area contributed by atoms with E-state index < -0.39 is 11.9 Å². The molecular formula is C12H12F3N3. The normalized spacial score (nSPS) is 17.7. The Morgan fingerprint density at radius 3 is 2.50 bits per heavy atom. The number of alkyl halides is 3. The van der Waals surface area contributed by atoms with Gasteiger partial charge in [0.1, 0.15) is 16.7 Å². The van der Waals surface area contributed by atoms with Crippen molar-refractivity contribution in [2.24, 2.45) is 0 Å². The lowest BCUT2D eigenvalue weighted by atomic mass is 10.3. The van der Waals surface area contributed by atoms with Gasteiger partial charge in [-0.15, -0.1) is 0 Å². The predicted octanol–water partition coefficient (Wildman–Crippen LogP) is 3.57. The Morgan fingerprint density at radius 2 is 1.83 bits per heavy atom. The second-order valence-corrected chi connectivity index (χ2v) is 4.65. The third-order valence-corrected chi connectivity index (χ3v) is 3.37. The lowest BCUT2D eigenvalue weighted by Crippen LogP contribution is -2.07. The van der Waals surface area contributed by atoms with E-state index in [1.165, 1.54) is 6.07 Å².